The highest BCUT2D eigenvalue weighted by Crippen LogP contribution is 2.20. The second kappa shape index (κ2) is 6.90. The van der Waals surface area contributed by atoms with E-state index in [0.29, 0.717) is 24.1 Å². The van der Waals surface area contributed by atoms with Crippen molar-refractivity contribution in [1.29, 1.82) is 0 Å². The number of nitrogens with one attached hydrogen (secondary N) is 1. The first kappa shape index (κ1) is 15.1. The van der Waals surface area contributed by atoms with Crippen LogP contribution in [0.4, 0.5) is 0 Å². The zero-order chi connectivity index (χ0) is 15.2. The van der Waals surface area contributed by atoms with E-state index in [9.17, 15) is 9.90 Å². The Hall–Kier alpha value is -2.33. The maximum atomic E-state index is 12.0. The molecule has 0 fully saturated rings. The van der Waals surface area contributed by atoms with Crippen LogP contribution >= 0.6 is 0 Å². The van der Waals surface area contributed by atoms with Gasteiger partial charge in [-0.25, -0.2) is 0 Å². The Balaban J connectivity index is 1.90. The predicted molar refractivity (Wildman–Crippen MR) is 81.2 cm³/mol. The second-order valence-corrected chi connectivity index (χ2v) is 4.95. The lowest BCUT2D eigenvalue weighted by Crippen LogP contribution is -2.25. The summed E-state index contributed by atoms with van der Waals surface area (Å²) in [6, 6.07) is 12.7. The molecule has 21 heavy (non-hydrogen) atoms. The number of carbonyl (C=O) groups is 1. The average Bonchev–Trinajstić information content (AvgIpc) is 2.50. The molecule has 2 rings (SSSR count). The van der Waals surface area contributed by atoms with Crippen LogP contribution in [0.25, 0.3) is 0 Å². The first-order chi connectivity index (χ1) is 10.1. The number of rotatable bonds is 5. The number of phenolic OH excluding ortho intramolecular Hbond substituents is 1. The Kier molecular flexibility index (Phi) is 4.95. The van der Waals surface area contributed by atoms with Gasteiger partial charge in [-0.1, -0.05) is 36.4 Å². The lowest BCUT2D eigenvalue weighted by molar-refractivity contribution is 0.0951. The van der Waals surface area contributed by atoms with Gasteiger partial charge in [-0.3, -0.25) is 4.79 Å². The van der Waals surface area contributed by atoms with Crippen LogP contribution < -0.4 is 5.32 Å². The molecule has 2 aromatic carbocycles. The maximum Gasteiger partial charge on any atom is 0.255 e. The number of aliphatic hydroxyl groups excluding tert-OH is 1. The Morgan fingerprint density at radius 3 is 2.43 bits per heavy atom. The van der Waals surface area contributed by atoms with E-state index in [2.05, 4.69) is 5.32 Å². The largest absolute Gasteiger partial charge is 0.507 e. The van der Waals surface area contributed by atoms with Crippen LogP contribution in [0, 0.1) is 6.92 Å². The summed E-state index contributed by atoms with van der Waals surface area (Å²) in [6.07, 6.45) is 0.698. The average molecular weight is 285 g/mol. The minimum absolute atomic E-state index is 0.0299. The van der Waals surface area contributed by atoms with Crippen molar-refractivity contribution in [2.24, 2.45) is 0 Å². The Labute approximate surface area is 124 Å². The molecular weight excluding hydrogens is 266 g/mol. The quantitative estimate of drug-likeness (QED) is 0.788. The van der Waals surface area contributed by atoms with Crippen molar-refractivity contribution in [3.8, 4) is 5.75 Å². The van der Waals surface area contributed by atoms with E-state index in [1.54, 1.807) is 25.1 Å². The van der Waals surface area contributed by atoms with Crippen LogP contribution in [0.1, 0.15) is 27.0 Å². The third-order valence-corrected chi connectivity index (χ3v) is 3.39. The van der Waals surface area contributed by atoms with Gasteiger partial charge in [0.15, 0.2) is 0 Å². The smallest absolute Gasteiger partial charge is 0.255 e. The molecule has 4 nitrogen and oxygen atoms in total. The zero-order valence-electron chi connectivity index (χ0n) is 12.0. The van der Waals surface area contributed by atoms with E-state index in [1.165, 1.54) is 0 Å². The lowest BCUT2D eigenvalue weighted by Gasteiger charge is -2.08. The minimum atomic E-state index is -0.275. The first-order valence-corrected chi connectivity index (χ1v) is 6.87. The van der Waals surface area contributed by atoms with Gasteiger partial charge in [0, 0.05) is 6.54 Å². The number of benzene rings is 2. The lowest BCUT2D eigenvalue weighted by atomic mass is 10.1. The van der Waals surface area contributed by atoms with Gasteiger partial charge in [-0.05, 0) is 36.1 Å². The van der Waals surface area contributed by atoms with Crippen LogP contribution in [0.5, 0.6) is 5.75 Å². The van der Waals surface area contributed by atoms with Crippen LogP contribution in [-0.2, 0) is 13.0 Å². The normalized spacial score (nSPS) is 10.4. The predicted octanol–water partition coefficient (Wildman–Crippen LogP) is 2.17. The zero-order valence-corrected chi connectivity index (χ0v) is 12.0. The Morgan fingerprint density at radius 1 is 1.10 bits per heavy atom. The summed E-state index contributed by atoms with van der Waals surface area (Å²) in [5.41, 5.74) is 2.93. The molecule has 0 heterocycles. The number of amides is 1. The Morgan fingerprint density at radius 2 is 1.76 bits per heavy atom. The summed E-state index contributed by atoms with van der Waals surface area (Å²) in [4.78, 5) is 12.0. The molecule has 0 aromatic heterocycles. The molecule has 0 saturated carbocycles. The molecule has 0 aliphatic carbocycles. The second-order valence-electron chi connectivity index (χ2n) is 4.95. The van der Waals surface area contributed by atoms with Crippen molar-refractivity contribution >= 4 is 5.91 Å². The summed E-state index contributed by atoms with van der Waals surface area (Å²) in [5.74, 6) is -0.245. The molecule has 2 aromatic rings. The molecule has 3 N–H and O–H groups in total. The summed E-state index contributed by atoms with van der Waals surface area (Å²) in [6.45, 7) is 2.28. The summed E-state index contributed by atoms with van der Waals surface area (Å²) >= 11 is 0. The molecule has 0 spiro atoms. The van der Waals surface area contributed by atoms with Crippen molar-refractivity contribution in [2.45, 2.75) is 20.0 Å². The van der Waals surface area contributed by atoms with Gasteiger partial charge in [0.25, 0.3) is 5.91 Å². The topological polar surface area (TPSA) is 69.6 Å². The summed E-state index contributed by atoms with van der Waals surface area (Å²) < 4.78 is 0. The van der Waals surface area contributed by atoms with Crippen LogP contribution in [-0.4, -0.2) is 22.7 Å². The Bertz CT molecular complexity index is 620. The van der Waals surface area contributed by atoms with Gasteiger partial charge < -0.3 is 15.5 Å². The molecule has 110 valence electrons. The number of aryl methyl sites for hydroxylation is 1. The van der Waals surface area contributed by atoms with Gasteiger partial charge in [-0.2, -0.15) is 0 Å². The molecule has 4 heteroatoms. The fraction of sp³-hybridized carbons (Fsp3) is 0.235. The molecular formula is C17H19NO3. The van der Waals surface area contributed by atoms with E-state index in [4.69, 9.17) is 5.11 Å². The van der Waals surface area contributed by atoms with Gasteiger partial charge in [-0.15, -0.1) is 0 Å². The molecule has 0 bridgehead atoms. The minimum Gasteiger partial charge on any atom is -0.507 e. The first-order valence-electron chi connectivity index (χ1n) is 6.87. The highest BCUT2D eigenvalue weighted by atomic mass is 16.3. The van der Waals surface area contributed by atoms with Gasteiger partial charge >= 0.3 is 0 Å². The van der Waals surface area contributed by atoms with Gasteiger partial charge in [0.1, 0.15) is 5.75 Å². The standard InChI is InChI=1S/C17H19NO3/c1-12-3-2-4-15(16(12)20)17(21)18-10-9-13-5-7-14(11-19)8-6-13/h2-8,19-20H,9-11H2,1H3,(H,18,21). The number of aliphatic hydroxyl groups is 1. The third kappa shape index (κ3) is 3.83. The van der Waals surface area contributed by atoms with Crippen LogP contribution in [0.15, 0.2) is 42.5 Å². The van der Waals surface area contributed by atoms with E-state index >= 15 is 0 Å². The SMILES string of the molecule is Cc1cccc(C(=O)NCCc2ccc(CO)cc2)c1O. The van der Waals surface area contributed by atoms with Crippen molar-refractivity contribution in [3.63, 3.8) is 0 Å². The number of hydrogen-bond acceptors (Lipinski definition) is 3. The molecule has 0 radical (unpaired) electrons. The highest BCUT2D eigenvalue weighted by Gasteiger charge is 2.11. The molecule has 0 aliphatic rings. The van der Waals surface area contributed by atoms with Crippen molar-refractivity contribution in [3.05, 3.63) is 64.7 Å². The van der Waals surface area contributed by atoms with Gasteiger partial charge in [0.2, 0.25) is 0 Å². The van der Waals surface area contributed by atoms with E-state index < -0.39 is 0 Å². The maximum absolute atomic E-state index is 12.0. The number of para-hydroxylation sites is 1. The van der Waals surface area contributed by atoms with Crippen molar-refractivity contribution in [2.75, 3.05) is 6.54 Å². The molecule has 0 atom stereocenters. The fourth-order valence-corrected chi connectivity index (χ4v) is 2.07. The van der Waals surface area contributed by atoms with Crippen LogP contribution in [0.3, 0.4) is 0 Å². The molecule has 0 aliphatic heterocycles. The fourth-order valence-electron chi connectivity index (χ4n) is 2.07. The van der Waals surface area contributed by atoms with E-state index in [0.717, 1.165) is 11.1 Å². The monoisotopic (exact) mass is 285 g/mol. The number of carbonyl (C=O) groups excluding carboxylic acids is 1. The number of aromatic hydroxyl groups is 1. The van der Waals surface area contributed by atoms with Crippen LogP contribution in [0.2, 0.25) is 0 Å². The number of hydrogen-bond donors (Lipinski definition) is 3. The highest BCUT2D eigenvalue weighted by molar-refractivity contribution is 5.97. The molecule has 1 amide bonds. The van der Waals surface area contributed by atoms with E-state index in [1.807, 2.05) is 24.3 Å². The molecule has 0 saturated heterocycles. The van der Waals surface area contributed by atoms with E-state index in [-0.39, 0.29) is 18.3 Å². The summed E-state index contributed by atoms with van der Waals surface area (Å²) in [7, 11) is 0. The van der Waals surface area contributed by atoms with Crippen molar-refractivity contribution in [1.82, 2.24) is 5.32 Å². The van der Waals surface area contributed by atoms with Gasteiger partial charge in [0.05, 0.1) is 12.2 Å². The molecule has 0 unspecified atom stereocenters. The third-order valence-electron chi connectivity index (χ3n) is 3.39. The number of phenols is 1. The summed E-state index contributed by atoms with van der Waals surface area (Å²) in [5, 5.41) is 21.6. The van der Waals surface area contributed by atoms with Crippen molar-refractivity contribution < 1.29 is 15.0 Å².